The first-order valence-electron chi connectivity index (χ1n) is 4.98. The molecule has 2 fully saturated rings. The second-order valence-corrected chi connectivity index (χ2v) is 3.75. The fourth-order valence-corrected chi connectivity index (χ4v) is 1.99. The molecule has 4 nitrogen and oxygen atoms in total. The van der Waals surface area contributed by atoms with E-state index in [0.717, 1.165) is 19.1 Å². The van der Waals surface area contributed by atoms with E-state index in [-0.39, 0.29) is 12.2 Å². The number of ether oxygens (including phenoxy) is 1. The number of nitrogens with zero attached hydrogens (tertiary/aromatic N) is 1. The van der Waals surface area contributed by atoms with Crippen molar-refractivity contribution in [3.63, 3.8) is 0 Å². The van der Waals surface area contributed by atoms with Crippen LogP contribution in [0.1, 0.15) is 19.8 Å². The van der Waals surface area contributed by atoms with E-state index in [2.05, 4.69) is 17.1 Å². The molecule has 2 heterocycles. The lowest BCUT2D eigenvalue weighted by molar-refractivity contribution is 0.0370. The lowest BCUT2D eigenvalue weighted by Gasteiger charge is -2.41. The maximum Gasteiger partial charge on any atom is 0.407 e. The Morgan fingerprint density at radius 1 is 1.69 bits per heavy atom. The highest BCUT2D eigenvalue weighted by atomic mass is 16.6. The maximum absolute atomic E-state index is 10.7. The van der Waals surface area contributed by atoms with Crippen LogP contribution >= 0.6 is 0 Å². The van der Waals surface area contributed by atoms with Crippen LogP contribution in [0.3, 0.4) is 0 Å². The van der Waals surface area contributed by atoms with E-state index >= 15 is 0 Å². The molecular formula is C9H16N2O2. The fraction of sp³-hybridized carbons (Fsp3) is 0.889. The van der Waals surface area contributed by atoms with E-state index in [1.165, 1.54) is 12.8 Å². The molecule has 2 saturated heterocycles. The molecule has 0 aromatic carbocycles. The van der Waals surface area contributed by atoms with Crippen molar-refractivity contribution in [3.8, 4) is 0 Å². The van der Waals surface area contributed by atoms with E-state index in [1.54, 1.807) is 0 Å². The summed E-state index contributed by atoms with van der Waals surface area (Å²) >= 11 is 0. The van der Waals surface area contributed by atoms with Crippen molar-refractivity contribution in [1.29, 1.82) is 0 Å². The quantitative estimate of drug-likeness (QED) is 0.697. The molecule has 2 aliphatic rings. The van der Waals surface area contributed by atoms with Crippen LogP contribution in [0.15, 0.2) is 0 Å². The van der Waals surface area contributed by atoms with Gasteiger partial charge in [0.15, 0.2) is 0 Å². The van der Waals surface area contributed by atoms with Gasteiger partial charge in [-0.3, -0.25) is 4.90 Å². The van der Waals surface area contributed by atoms with Crippen molar-refractivity contribution < 1.29 is 9.53 Å². The first kappa shape index (κ1) is 8.81. The van der Waals surface area contributed by atoms with E-state index in [0.29, 0.717) is 6.54 Å². The second kappa shape index (κ2) is 3.54. The zero-order valence-electron chi connectivity index (χ0n) is 7.95. The Morgan fingerprint density at radius 3 is 3.00 bits per heavy atom. The zero-order chi connectivity index (χ0) is 9.26. The van der Waals surface area contributed by atoms with Gasteiger partial charge in [0.1, 0.15) is 6.10 Å². The van der Waals surface area contributed by atoms with E-state index in [9.17, 15) is 4.79 Å². The van der Waals surface area contributed by atoms with E-state index in [4.69, 9.17) is 4.74 Å². The number of hydrogen-bond acceptors (Lipinski definition) is 3. The van der Waals surface area contributed by atoms with E-state index in [1.807, 2.05) is 0 Å². The smallest absolute Gasteiger partial charge is 0.407 e. The number of cyclic esters (lactones) is 1. The van der Waals surface area contributed by atoms with Crippen molar-refractivity contribution in [2.24, 2.45) is 0 Å². The first-order valence-corrected chi connectivity index (χ1v) is 4.98. The summed E-state index contributed by atoms with van der Waals surface area (Å²) in [4.78, 5) is 13.1. The topological polar surface area (TPSA) is 41.6 Å². The normalized spacial score (nSPS) is 33.8. The van der Waals surface area contributed by atoms with Gasteiger partial charge in [0.25, 0.3) is 0 Å². The molecule has 2 unspecified atom stereocenters. The third-order valence-electron chi connectivity index (χ3n) is 2.92. The number of amides is 1. The highest BCUT2D eigenvalue weighted by Gasteiger charge is 2.31. The Hall–Kier alpha value is -0.770. The fourth-order valence-electron chi connectivity index (χ4n) is 1.99. The number of carbonyl (C=O) groups excluding carboxylic acids is 1. The lowest BCUT2D eigenvalue weighted by atomic mass is 10.00. The van der Waals surface area contributed by atoms with Crippen LogP contribution in [0.25, 0.3) is 0 Å². The average molecular weight is 184 g/mol. The number of likely N-dealkylation sites (tertiary alicyclic amines) is 1. The molecule has 0 aromatic heterocycles. The Labute approximate surface area is 78.2 Å². The molecule has 0 bridgehead atoms. The Morgan fingerprint density at radius 2 is 2.54 bits per heavy atom. The van der Waals surface area contributed by atoms with Crippen LogP contribution < -0.4 is 5.32 Å². The summed E-state index contributed by atoms with van der Waals surface area (Å²) in [5.41, 5.74) is 0. The van der Waals surface area contributed by atoms with E-state index < -0.39 is 0 Å². The third-order valence-corrected chi connectivity index (χ3v) is 2.92. The summed E-state index contributed by atoms with van der Waals surface area (Å²) in [7, 11) is 0. The predicted octanol–water partition coefficient (Wildman–Crippen LogP) is 0.579. The lowest BCUT2D eigenvalue weighted by Crippen LogP contribution is -2.50. The molecule has 74 valence electrons. The SMILES string of the molecule is CCC1CCN1CC1CNC(=O)O1. The number of alkyl carbamates (subject to hydrolysis) is 1. The Kier molecular flexibility index (Phi) is 2.40. The monoisotopic (exact) mass is 184 g/mol. The Bertz CT molecular complexity index is 206. The number of rotatable bonds is 3. The van der Waals surface area contributed by atoms with Gasteiger partial charge < -0.3 is 10.1 Å². The third kappa shape index (κ3) is 1.77. The van der Waals surface area contributed by atoms with Crippen molar-refractivity contribution >= 4 is 6.09 Å². The number of carbonyl (C=O) groups is 1. The molecule has 13 heavy (non-hydrogen) atoms. The molecule has 0 saturated carbocycles. The van der Waals surface area contributed by atoms with Gasteiger partial charge in [-0.2, -0.15) is 0 Å². The number of hydrogen-bond donors (Lipinski definition) is 1. The minimum absolute atomic E-state index is 0.0712. The second-order valence-electron chi connectivity index (χ2n) is 3.75. The van der Waals surface area contributed by atoms with Crippen LogP contribution in [-0.2, 0) is 4.74 Å². The summed E-state index contributed by atoms with van der Waals surface area (Å²) in [6.07, 6.45) is 2.30. The molecule has 1 amide bonds. The molecule has 2 aliphatic heterocycles. The van der Waals surface area contributed by atoms with Gasteiger partial charge in [0, 0.05) is 19.1 Å². The molecular weight excluding hydrogens is 168 g/mol. The molecule has 0 aromatic rings. The van der Waals surface area contributed by atoms with Crippen molar-refractivity contribution in [2.75, 3.05) is 19.6 Å². The highest BCUT2D eigenvalue weighted by Crippen LogP contribution is 2.21. The predicted molar refractivity (Wildman–Crippen MR) is 48.5 cm³/mol. The minimum atomic E-state index is -0.265. The van der Waals surface area contributed by atoms with Crippen LogP contribution in [0, 0.1) is 0 Å². The molecule has 2 atom stereocenters. The van der Waals surface area contributed by atoms with Crippen molar-refractivity contribution in [1.82, 2.24) is 10.2 Å². The van der Waals surface area contributed by atoms with Crippen LogP contribution in [0.2, 0.25) is 0 Å². The summed E-state index contributed by atoms with van der Waals surface area (Å²) < 4.78 is 5.07. The van der Waals surface area contributed by atoms with Gasteiger partial charge in [-0.1, -0.05) is 6.92 Å². The number of nitrogens with one attached hydrogen (secondary N) is 1. The standard InChI is InChI=1S/C9H16N2O2/c1-2-7-3-4-11(7)6-8-5-10-9(12)13-8/h7-8H,2-6H2,1H3,(H,10,12). The zero-order valence-corrected chi connectivity index (χ0v) is 7.95. The van der Waals surface area contributed by atoms with Crippen LogP contribution in [0.5, 0.6) is 0 Å². The largest absolute Gasteiger partial charge is 0.443 e. The van der Waals surface area contributed by atoms with Gasteiger partial charge in [-0.05, 0) is 12.8 Å². The summed E-state index contributed by atoms with van der Waals surface area (Å²) in [5.74, 6) is 0. The van der Waals surface area contributed by atoms with Gasteiger partial charge in [-0.25, -0.2) is 4.79 Å². The van der Waals surface area contributed by atoms with Gasteiger partial charge in [0.05, 0.1) is 6.54 Å². The van der Waals surface area contributed by atoms with Gasteiger partial charge >= 0.3 is 6.09 Å². The molecule has 0 spiro atoms. The molecule has 0 radical (unpaired) electrons. The highest BCUT2D eigenvalue weighted by molar-refractivity contribution is 5.69. The van der Waals surface area contributed by atoms with Gasteiger partial charge in [0.2, 0.25) is 0 Å². The van der Waals surface area contributed by atoms with Crippen molar-refractivity contribution in [3.05, 3.63) is 0 Å². The summed E-state index contributed by atoms with van der Waals surface area (Å²) in [6, 6.07) is 0.722. The average Bonchev–Trinajstić information content (AvgIpc) is 2.46. The van der Waals surface area contributed by atoms with Crippen LogP contribution in [-0.4, -0.2) is 42.8 Å². The summed E-state index contributed by atoms with van der Waals surface area (Å²) in [6.45, 7) is 4.94. The van der Waals surface area contributed by atoms with Crippen LogP contribution in [0.4, 0.5) is 4.79 Å². The molecule has 2 rings (SSSR count). The van der Waals surface area contributed by atoms with Gasteiger partial charge in [-0.15, -0.1) is 0 Å². The minimum Gasteiger partial charge on any atom is -0.443 e. The first-order chi connectivity index (χ1) is 6.29. The van der Waals surface area contributed by atoms with Crippen molar-refractivity contribution in [2.45, 2.75) is 31.9 Å². The molecule has 1 N–H and O–H groups in total. The maximum atomic E-state index is 10.7. The summed E-state index contributed by atoms with van der Waals surface area (Å²) in [5, 5.41) is 2.67. The Balaban J connectivity index is 1.75. The molecule has 4 heteroatoms. The molecule has 0 aliphatic carbocycles.